The molecule has 106 valence electrons. The molecule has 4 nitrogen and oxygen atoms in total. The van der Waals surface area contributed by atoms with Gasteiger partial charge in [-0.25, -0.2) is 0 Å². The van der Waals surface area contributed by atoms with Gasteiger partial charge in [0.2, 0.25) is 5.91 Å². The Balaban J connectivity index is 2.24. The maximum absolute atomic E-state index is 12.5. The van der Waals surface area contributed by atoms with Crippen LogP contribution < -0.4 is 10.2 Å². The smallest absolute Gasteiger partial charge is 0.244 e. The quantitative estimate of drug-likeness (QED) is 0.931. The lowest BCUT2D eigenvalue weighted by atomic mass is 10.0. The van der Waals surface area contributed by atoms with Crippen molar-refractivity contribution in [1.29, 1.82) is 5.26 Å². The number of benzene rings is 1. The molecule has 20 heavy (non-hydrogen) atoms. The number of carbonyl (C=O) groups is 1. The summed E-state index contributed by atoms with van der Waals surface area (Å²) in [5.41, 5.74) is 1.19. The number of nitrogens with one attached hydrogen (secondary N) is 1. The van der Waals surface area contributed by atoms with E-state index in [0.717, 1.165) is 12.8 Å². The summed E-state index contributed by atoms with van der Waals surface area (Å²) < 4.78 is 0. The first-order valence-corrected chi connectivity index (χ1v) is 7.18. The van der Waals surface area contributed by atoms with Gasteiger partial charge in [0.25, 0.3) is 0 Å². The summed E-state index contributed by atoms with van der Waals surface area (Å²) in [7, 11) is 0. The highest BCUT2D eigenvalue weighted by molar-refractivity contribution is 6.34. The van der Waals surface area contributed by atoms with Crippen molar-refractivity contribution in [2.75, 3.05) is 11.4 Å². The van der Waals surface area contributed by atoms with Gasteiger partial charge in [0, 0.05) is 12.6 Å². The molecule has 1 aromatic carbocycles. The molecule has 1 atom stereocenters. The number of rotatable bonds is 3. The number of hydrogen-bond acceptors (Lipinski definition) is 3. The number of carbonyl (C=O) groups excluding carboxylic acids is 1. The van der Waals surface area contributed by atoms with Gasteiger partial charge in [0.05, 0.1) is 28.4 Å². The minimum atomic E-state index is -0.157. The fraction of sp³-hybridized carbons (Fsp3) is 0.467. The van der Waals surface area contributed by atoms with Gasteiger partial charge in [-0.3, -0.25) is 4.79 Å². The normalized spacial score (nSPS) is 19.2. The summed E-state index contributed by atoms with van der Waals surface area (Å²) in [6, 6.07) is 7.19. The van der Waals surface area contributed by atoms with Crippen LogP contribution >= 0.6 is 11.6 Å². The van der Waals surface area contributed by atoms with Crippen molar-refractivity contribution in [1.82, 2.24) is 5.32 Å². The number of amides is 1. The average Bonchev–Trinajstić information content (AvgIpc) is 2.41. The van der Waals surface area contributed by atoms with Crippen molar-refractivity contribution < 1.29 is 4.79 Å². The van der Waals surface area contributed by atoms with E-state index in [-0.39, 0.29) is 18.0 Å². The number of hydrogen-bond donors (Lipinski definition) is 1. The van der Waals surface area contributed by atoms with Crippen LogP contribution in [0.1, 0.15) is 32.3 Å². The third-order valence-corrected chi connectivity index (χ3v) is 3.64. The molecule has 1 N–H and O–H groups in total. The third kappa shape index (κ3) is 3.12. The second kappa shape index (κ2) is 6.25. The van der Waals surface area contributed by atoms with Crippen LogP contribution in [0, 0.1) is 11.3 Å². The molecule has 1 amide bonds. The van der Waals surface area contributed by atoms with E-state index in [9.17, 15) is 4.79 Å². The summed E-state index contributed by atoms with van der Waals surface area (Å²) in [5.74, 6) is 0.0524. The monoisotopic (exact) mass is 291 g/mol. The van der Waals surface area contributed by atoms with Gasteiger partial charge in [0.15, 0.2) is 0 Å². The molecule has 5 heteroatoms. The third-order valence-electron chi connectivity index (χ3n) is 3.34. The van der Waals surface area contributed by atoms with Crippen molar-refractivity contribution in [3.05, 3.63) is 28.8 Å². The Morgan fingerprint density at radius 3 is 2.85 bits per heavy atom. The first-order chi connectivity index (χ1) is 9.52. The Hall–Kier alpha value is -1.57. The lowest BCUT2D eigenvalue weighted by Crippen LogP contribution is -2.52. The van der Waals surface area contributed by atoms with E-state index in [1.54, 1.807) is 23.1 Å². The van der Waals surface area contributed by atoms with E-state index >= 15 is 0 Å². The van der Waals surface area contributed by atoms with Crippen LogP contribution in [0.2, 0.25) is 5.02 Å². The van der Waals surface area contributed by atoms with Crippen molar-refractivity contribution in [2.45, 2.75) is 38.8 Å². The molecule has 0 bridgehead atoms. The van der Waals surface area contributed by atoms with Crippen LogP contribution in [0.3, 0.4) is 0 Å². The summed E-state index contributed by atoms with van der Waals surface area (Å²) >= 11 is 6.19. The number of nitriles is 1. The number of anilines is 1. The molecule has 1 fully saturated rings. The van der Waals surface area contributed by atoms with Crippen molar-refractivity contribution in [3.63, 3.8) is 0 Å². The molecule has 0 aromatic heterocycles. The molecule has 2 rings (SSSR count). The lowest BCUT2D eigenvalue weighted by molar-refractivity contribution is -0.121. The zero-order valence-corrected chi connectivity index (χ0v) is 12.4. The van der Waals surface area contributed by atoms with Gasteiger partial charge in [-0.1, -0.05) is 25.4 Å². The Morgan fingerprint density at radius 2 is 2.25 bits per heavy atom. The first kappa shape index (κ1) is 14.8. The van der Waals surface area contributed by atoms with E-state index in [2.05, 4.69) is 5.32 Å². The molecular formula is C15H18ClN3O. The minimum absolute atomic E-state index is 0.0524. The molecule has 1 aliphatic rings. The zero-order chi connectivity index (χ0) is 14.7. The molecule has 0 spiro atoms. The number of halogens is 1. The summed E-state index contributed by atoms with van der Waals surface area (Å²) in [6.07, 6.45) is 1.79. The fourth-order valence-corrected chi connectivity index (χ4v) is 2.75. The predicted octanol–water partition coefficient (Wildman–Crippen LogP) is 2.71. The highest BCUT2D eigenvalue weighted by atomic mass is 35.5. The highest BCUT2D eigenvalue weighted by Gasteiger charge is 2.30. The van der Waals surface area contributed by atoms with E-state index in [1.807, 2.05) is 19.9 Å². The van der Waals surface area contributed by atoms with E-state index < -0.39 is 0 Å². The molecule has 1 aromatic rings. The lowest BCUT2D eigenvalue weighted by Gasteiger charge is -2.34. The minimum Gasteiger partial charge on any atom is -0.310 e. The van der Waals surface area contributed by atoms with E-state index in [1.165, 1.54) is 0 Å². The van der Waals surface area contributed by atoms with Crippen molar-refractivity contribution >= 4 is 23.2 Å². The zero-order valence-electron chi connectivity index (χ0n) is 11.7. The maximum atomic E-state index is 12.5. The Bertz CT molecular complexity index is 551. The van der Waals surface area contributed by atoms with Gasteiger partial charge >= 0.3 is 0 Å². The average molecular weight is 292 g/mol. The molecule has 1 aliphatic heterocycles. The van der Waals surface area contributed by atoms with E-state index in [4.69, 9.17) is 16.9 Å². The van der Waals surface area contributed by atoms with Crippen LogP contribution in [0.4, 0.5) is 5.69 Å². The molecule has 0 radical (unpaired) electrons. The van der Waals surface area contributed by atoms with Crippen LogP contribution in [0.5, 0.6) is 0 Å². The SMILES string of the molecule is CC(C)NC1CCCN(c2ccc(C#N)cc2Cl)C1=O. The van der Waals surface area contributed by atoms with Crippen molar-refractivity contribution in [3.8, 4) is 6.07 Å². The predicted molar refractivity (Wildman–Crippen MR) is 79.8 cm³/mol. The van der Waals surface area contributed by atoms with Gasteiger partial charge in [-0.05, 0) is 31.0 Å². The van der Waals surface area contributed by atoms with Crippen molar-refractivity contribution in [2.24, 2.45) is 0 Å². The molecule has 1 unspecified atom stereocenters. The Kier molecular flexibility index (Phi) is 4.64. The summed E-state index contributed by atoms with van der Waals surface area (Å²) in [4.78, 5) is 14.2. The molecule has 1 saturated heterocycles. The van der Waals surface area contributed by atoms with Gasteiger partial charge in [0.1, 0.15) is 0 Å². The Morgan fingerprint density at radius 1 is 1.50 bits per heavy atom. The Labute approximate surface area is 124 Å². The van der Waals surface area contributed by atoms with Crippen LogP contribution in [-0.4, -0.2) is 24.5 Å². The standard InChI is InChI=1S/C15H18ClN3O/c1-10(2)18-13-4-3-7-19(15(13)20)14-6-5-11(9-17)8-12(14)16/h5-6,8,10,13,18H,3-4,7H2,1-2H3. The van der Waals surface area contributed by atoms with Crippen LogP contribution in [0.15, 0.2) is 18.2 Å². The first-order valence-electron chi connectivity index (χ1n) is 6.80. The largest absolute Gasteiger partial charge is 0.310 e. The fourth-order valence-electron chi connectivity index (χ4n) is 2.47. The van der Waals surface area contributed by atoms with Crippen LogP contribution in [0.25, 0.3) is 0 Å². The molecule has 0 saturated carbocycles. The second-order valence-electron chi connectivity index (χ2n) is 5.28. The second-order valence-corrected chi connectivity index (χ2v) is 5.69. The van der Waals surface area contributed by atoms with Gasteiger partial charge in [-0.2, -0.15) is 5.26 Å². The summed E-state index contributed by atoms with van der Waals surface area (Å²) in [5, 5.41) is 12.6. The molecular weight excluding hydrogens is 274 g/mol. The maximum Gasteiger partial charge on any atom is 0.244 e. The van der Waals surface area contributed by atoms with Crippen LogP contribution in [-0.2, 0) is 4.79 Å². The molecule has 0 aliphatic carbocycles. The van der Waals surface area contributed by atoms with Gasteiger partial charge in [-0.15, -0.1) is 0 Å². The topological polar surface area (TPSA) is 56.1 Å². The van der Waals surface area contributed by atoms with Gasteiger partial charge < -0.3 is 10.2 Å². The number of piperidine rings is 1. The highest BCUT2D eigenvalue weighted by Crippen LogP contribution is 2.29. The van der Waals surface area contributed by atoms with E-state index in [0.29, 0.717) is 22.8 Å². The molecule has 1 heterocycles. The summed E-state index contributed by atoms with van der Waals surface area (Å²) in [6.45, 7) is 4.72. The number of nitrogens with zero attached hydrogens (tertiary/aromatic N) is 2.